The van der Waals surface area contributed by atoms with Crippen LogP contribution in [-0.2, 0) is 0 Å². The van der Waals surface area contributed by atoms with Gasteiger partial charge in [-0.15, -0.1) is 0 Å². The highest BCUT2D eigenvalue weighted by atomic mass is 15.3. The number of piperidine rings is 1. The number of fused-ring (bicyclic) bond motifs is 1. The van der Waals surface area contributed by atoms with E-state index in [9.17, 15) is 0 Å². The molecule has 86 valence electrons. The maximum Gasteiger partial charge on any atom is 0.225 e. The van der Waals surface area contributed by atoms with Crippen LogP contribution in [0.25, 0.3) is 0 Å². The summed E-state index contributed by atoms with van der Waals surface area (Å²) in [6, 6.07) is 2.60. The Balaban J connectivity index is 1.77. The summed E-state index contributed by atoms with van der Waals surface area (Å²) in [4.78, 5) is 11.2. The molecule has 1 N–H and O–H groups in total. The van der Waals surface area contributed by atoms with E-state index in [1.54, 1.807) is 0 Å². The first-order valence-corrected chi connectivity index (χ1v) is 6.11. The van der Waals surface area contributed by atoms with Crippen LogP contribution in [0.5, 0.6) is 0 Å². The monoisotopic (exact) mass is 218 g/mol. The SMILES string of the molecule is Cc1ccnc(N2CC3CCCNC3C2)n1. The summed E-state index contributed by atoms with van der Waals surface area (Å²) in [5, 5.41) is 3.60. The lowest BCUT2D eigenvalue weighted by molar-refractivity contribution is 0.340. The lowest BCUT2D eigenvalue weighted by Crippen LogP contribution is -2.40. The maximum atomic E-state index is 4.50. The van der Waals surface area contributed by atoms with Crippen molar-refractivity contribution in [2.75, 3.05) is 24.5 Å². The van der Waals surface area contributed by atoms with Gasteiger partial charge >= 0.3 is 0 Å². The van der Waals surface area contributed by atoms with E-state index in [0.717, 1.165) is 30.6 Å². The molecule has 0 saturated carbocycles. The highest BCUT2D eigenvalue weighted by Crippen LogP contribution is 2.26. The second-order valence-electron chi connectivity index (χ2n) is 4.87. The number of nitrogens with one attached hydrogen (secondary N) is 1. The minimum absolute atomic E-state index is 0.651. The Kier molecular flexibility index (Phi) is 2.52. The molecule has 1 aromatic rings. The van der Waals surface area contributed by atoms with Crippen molar-refractivity contribution in [1.82, 2.24) is 15.3 Å². The standard InChI is InChI=1S/C12H18N4/c1-9-4-6-14-12(15-9)16-7-10-3-2-5-13-11(10)8-16/h4,6,10-11,13H,2-3,5,7-8H2,1H3. The number of hydrogen-bond donors (Lipinski definition) is 1. The molecule has 4 nitrogen and oxygen atoms in total. The molecule has 1 aromatic heterocycles. The molecule has 2 unspecified atom stereocenters. The van der Waals surface area contributed by atoms with Gasteiger partial charge in [0.05, 0.1) is 0 Å². The van der Waals surface area contributed by atoms with Crippen LogP contribution in [0.2, 0.25) is 0 Å². The van der Waals surface area contributed by atoms with Gasteiger partial charge in [-0.2, -0.15) is 0 Å². The maximum absolute atomic E-state index is 4.50. The average molecular weight is 218 g/mol. The largest absolute Gasteiger partial charge is 0.339 e. The molecule has 0 aromatic carbocycles. The third-order valence-corrected chi connectivity index (χ3v) is 3.66. The fraction of sp³-hybridized carbons (Fsp3) is 0.667. The zero-order chi connectivity index (χ0) is 11.0. The van der Waals surface area contributed by atoms with Gasteiger partial charge in [0.25, 0.3) is 0 Å². The summed E-state index contributed by atoms with van der Waals surface area (Å²) >= 11 is 0. The van der Waals surface area contributed by atoms with Crippen molar-refractivity contribution in [2.45, 2.75) is 25.8 Å². The molecule has 0 aliphatic carbocycles. The smallest absolute Gasteiger partial charge is 0.225 e. The summed E-state index contributed by atoms with van der Waals surface area (Å²) in [7, 11) is 0. The van der Waals surface area contributed by atoms with E-state index in [0.29, 0.717) is 6.04 Å². The lowest BCUT2D eigenvalue weighted by Gasteiger charge is -2.24. The van der Waals surface area contributed by atoms with Crippen LogP contribution in [0, 0.1) is 12.8 Å². The van der Waals surface area contributed by atoms with E-state index in [1.165, 1.54) is 19.4 Å². The number of rotatable bonds is 1. The first-order valence-electron chi connectivity index (χ1n) is 6.11. The molecular weight excluding hydrogens is 200 g/mol. The van der Waals surface area contributed by atoms with E-state index in [1.807, 2.05) is 19.2 Å². The molecule has 2 atom stereocenters. The highest BCUT2D eigenvalue weighted by molar-refractivity contribution is 5.33. The summed E-state index contributed by atoms with van der Waals surface area (Å²) in [6.07, 6.45) is 4.51. The third kappa shape index (κ3) is 1.78. The van der Waals surface area contributed by atoms with Crippen molar-refractivity contribution >= 4 is 5.95 Å². The molecule has 0 spiro atoms. The predicted molar refractivity (Wildman–Crippen MR) is 63.5 cm³/mol. The Bertz CT molecular complexity index is 365. The van der Waals surface area contributed by atoms with Gasteiger partial charge in [-0.3, -0.25) is 0 Å². The molecule has 0 radical (unpaired) electrons. The molecule has 0 amide bonds. The van der Waals surface area contributed by atoms with Gasteiger partial charge in [-0.1, -0.05) is 0 Å². The first-order chi connectivity index (χ1) is 7.83. The molecular formula is C12H18N4. The number of hydrogen-bond acceptors (Lipinski definition) is 4. The van der Waals surface area contributed by atoms with Crippen molar-refractivity contribution in [1.29, 1.82) is 0 Å². The normalized spacial score (nSPS) is 29.2. The quantitative estimate of drug-likeness (QED) is 0.762. The minimum Gasteiger partial charge on any atom is -0.339 e. The number of anilines is 1. The Morgan fingerprint density at radius 2 is 2.38 bits per heavy atom. The van der Waals surface area contributed by atoms with E-state index in [2.05, 4.69) is 20.2 Å². The van der Waals surface area contributed by atoms with Crippen LogP contribution in [0.15, 0.2) is 12.3 Å². The summed E-state index contributed by atoms with van der Waals surface area (Å²) in [6.45, 7) is 5.37. The van der Waals surface area contributed by atoms with Crippen LogP contribution >= 0.6 is 0 Å². The summed E-state index contributed by atoms with van der Waals surface area (Å²) in [5.74, 6) is 1.69. The van der Waals surface area contributed by atoms with Gasteiger partial charge in [0.2, 0.25) is 5.95 Å². The van der Waals surface area contributed by atoms with E-state index in [4.69, 9.17) is 0 Å². The van der Waals surface area contributed by atoms with Crippen molar-refractivity contribution < 1.29 is 0 Å². The van der Waals surface area contributed by atoms with Crippen molar-refractivity contribution in [3.05, 3.63) is 18.0 Å². The van der Waals surface area contributed by atoms with E-state index < -0.39 is 0 Å². The molecule has 3 heterocycles. The van der Waals surface area contributed by atoms with Gasteiger partial charge in [0, 0.05) is 31.0 Å². The lowest BCUT2D eigenvalue weighted by atomic mass is 9.94. The van der Waals surface area contributed by atoms with Gasteiger partial charge in [-0.05, 0) is 38.3 Å². The second-order valence-corrected chi connectivity index (χ2v) is 4.87. The Morgan fingerprint density at radius 1 is 1.44 bits per heavy atom. The fourth-order valence-corrected chi connectivity index (χ4v) is 2.80. The minimum atomic E-state index is 0.651. The van der Waals surface area contributed by atoms with Crippen LogP contribution in [0.3, 0.4) is 0 Å². The van der Waals surface area contributed by atoms with Gasteiger partial charge in [-0.25, -0.2) is 9.97 Å². The van der Waals surface area contributed by atoms with Gasteiger partial charge in [0.1, 0.15) is 0 Å². The summed E-state index contributed by atoms with van der Waals surface area (Å²) in [5.41, 5.74) is 1.05. The molecule has 0 bridgehead atoms. The first kappa shape index (κ1) is 10.0. The molecule has 4 heteroatoms. The molecule has 2 saturated heterocycles. The summed E-state index contributed by atoms with van der Waals surface area (Å²) < 4.78 is 0. The zero-order valence-corrected chi connectivity index (χ0v) is 9.69. The third-order valence-electron chi connectivity index (χ3n) is 3.66. The fourth-order valence-electron chi connectivity index (χ4n) is 2.80. The van der Waals surface area contributed by atoms with E-state index >= 15 is 0 Å². The Morgan fingerprint density at radius 3 is 3.19 bits per heavy atom. The Labute approximate surface area is 96.1 Å². The molecule has 2 fully saturated rings. The highest BCUT2D eigenvalue weighted by Gasteiger charge is 2.35. The zero-order valence-electron chi connectivity index (χ0n) is 9.69. The molecule has 16 heavy (non-hydrogen) atoms. The second kappa shape index (κ2) is 4.01. The van der Waals surface area contributed by atoms with Gasteiger partial charge < -0.3 is 10.2 Å². The van der Waals surface area contributed by atoms with Crippen molar-refractivity contribution in [3.8, 4) is 0 Å². The van der Waals surface area contributed by atoms with Crippen LogP contribution in [-0.4, -0.2) is 35.6 Å². The van der Waals surface area contributed by atoms with Crippen LogP contribution < -0.4 is 10.2 Å². The van der Waals surface area contributed by atoms with E-state index in [-0.39, 0.29) is 0 Å². The van der Waals surface area contributed by atoms with Crippen molar-refractivity contribution in [3.63, 3.8) is 0 Å². The molecule has 3 rings (SSSR count). The number of aromatic nitrogens is 2. The van der Waals surface area contributed by atoms with Crippen LogP contribution in [0.4, 0.5) is 5.95 Å². The predicted octanol–water partition coefficient (Wildman–Crippen LogP) is 0.973. The molecule has 2 aliphatic rings. The van der Waals surface area contributed by atoms with Gasteiger partial charge in [0.15, 0.2) is 0 Å². The van der Waals surface area contributed by atoms with Crippen molar-refractivity contribution in [2.24, 2.45) is 5.92 Å². The van der Waals surface area contributed by atoms with Crippen LogP contribution in [0.1, 0.15) is 18.5 Å². The average Bonchev–Trinajstić information content (AvgIpc) is 2.72. The molecule has 2 aliphatic heterocycles. The number of nitrogens with zero attached hydrogens (tertiary/aromatic N) is 3. The Hall–Kier alpha value is -1.16. The topological polar surface area (TPSA) is 41.1 Å². The number of aryl methyl sites for hydroxylation is 1.